The van der Waals surface area contributed by atoms with E-state index in [4.69, 9.17) is 9.97 Å². The summed E-state index contributed by atoms with van der Waals surface area (Å²) in [5, 5.41) is 7.42. The zero-order valence-electron chi connectivity index (χ0n) is 41.5. The Morgan fingerprint density at radius 2 is 0.649 bits per heavy atom. The Bertz CT molecular complexity index is 4860. The summed E-state index contributed by atoms with van der Waals surface area (Å²) in [5.74, 6) is 0. The van der Waals surface area contributed by atoms with E-state index in [1.54, 1.807) is 0 Å². The van der Waals surface area contributed by atoms with Gasteiger partial charge in [0.15, 0.2) is 0 Å². The predicted octanol–water partition coefficient (Wildman–Crippen LogP) is 17.9. The third-order valence-electron chi connectivity index (χ3n) is 16.6. The molecule has 0 saturated carbocycles. The molecule has 10 aromatic carbocycles. The van der Waals surface area contributed by atoms with Gasteiger partial charge in [0.05, 0.1) is 49.9 Å². The summed E-state index contributed by atoms with van der Waals surface area (Å²) < 4.78 is 7.21. The largest absolute Gasteiger partial charge is 0.309 e. The van der Waals surface area contributed by atoms with Gasteiger partial charge >= 0.3 is 0 Å². The fraction of sp³-hybridized carbons (Fsp3) is 0.0141. The van der Waals surface area contributed by atoms with Crippen LogP contribution in [0.2, 0.25) is 0 Å². The summed E-state index contributed by atoms with van der Waals surface area (Å²) >= 11 is 1.91. The van der Waals surface area contributed by atoms with E-state index in [9.17, 15) is 0 Å². The number of benzene rings is 10. The third kappa shape index (κ3) is 5.85. The summed E-state index contributed by atoms with van der Waals surface area (Å²) in [6.45, 7) is 0. The first-order chi connectivity index (χ1) is 38.2. The number of nitrogens with zero attached hydrogens (tertiary/aromatic N) is 5. The van der Waals surface area contributed by atoms with Crippen molar-refractivity contribution >= 4 is 77.2 Å². The fourth-order valence-electron chi connectivity index (χ4n) is 13.5. The second kappa shape index (κ2) is 16.1. The van der Waals surface area contributed by atoms with Gasteiger partial charge in [-0.05, 0) is 142 Å². The number of para-hydroxylation sites is 5. The van der Waals surface area contributed by atoms with Crippen LogP contribution in [0, 0.1) is 0 Å². The Hall–Kier alpha value is -9.75. The van der Waals surface area contributed by atoms with Crippen LogP contribution >= 0.6 is 11.8 Å². The molecular formula is C71H43N5S. The summed E-state index contributed by atoms with van der Waals surface area (Å²) in [6.07, 6.45) is 3.82. The fourth-order valence-corrected chi connectivity index (χ4v) is 14.9. The second-order valence-corrected chi connectivity index (χ2v) is 21.4. The average Bonchev–Trinajstić information content (AvgIpc) is 4.34. The number of rotatable bonds is 5. The molecule has 0 bridgehead atoms. The summed E-state index contributed by atoms with van der Waals surface area (Å²) in [7, 11) is 0. The van der Waals surface area contributed by atoms with Gasteiger partial charge in [-0.3, -0.25) is 9.97 Å². The highest BCUT2D eigenvalue weighted by atomic mass is 32.2. The van der Waals surface area contributed by atoms with Gasteiger partial charge in [-0.2, -0.15) is 0 Å². The monoisotopic (exact) mass is 997 g/mol. The molecule has 6 heteroatoms. The van der Waals surface area contributed by atoms with Crippen molar-refractivity contribution in [3.8, 4) is 50.7 Å². The molecule has 0 fully saturated rings. The van der Waals surface area contributed by atoms with Crippen molar-refractivity contribution < 1.29 is 0 Å². The lowest BCUT2D eigenvalue weighted by atomic mass is 9.67. The van der Waals surface area contributed by atoms with Gasteiger partial charge in [0.2, 0.25) is 0 Å². The van der Waals surface area contributed by atoms with E-state index < -0.39 is 5.41 Å². The molecule has 1 spiro atoms. The highest BCUT2D eigenvalue weighted by Crippen LogP contribution is 2.64. The van der Waals surface area contributed by atoms with Crippen molar-refractivity contribution in [2.24, 2.45) is 0 Å². The second-order valence-electron chi connectivity index (χ2n) is 20.4. The van der Waals surface area contributed by atoms with Gasteiger partial charge in [0, 0.05) is 71.6 Å². The predicted molar refractivity (Wildman–Crippen MR) is 317 cm³/mol. The highest BCUT2D eigenvalue weighted by Gasteiger charge is 2.52. The van der Waals surface area contributed by atoms with Crippen LogP contribution in [0.15, 0.2) is 271 Å². The minimum Gasteiger partial charge on any atom is -0.309 e. The topological polar surface area (TPSA) is 40.6 Å². The smallest absolute Gasteiger partial charge is 0.0937 e. The lowest BCUT2D eigenvalue weighted by molar-refractivity contribution is 0.721. The van der Waals surface area contributed by atoms with E-state index in [-0.39, 0.29) is 0 Å². The van der Waals surface area contributed by atoms with Gasteiger partial charge in [0.25, 0.3) is 0 Å². The number of hydrogen-bond donors (Lipinski definition) is 0. The van der Waals surface area contributed by atoms with Crippen molar-refractivity contribution in [1.82, 2.24) is 23.7 Å². The highest BCUT2D eigenvalue weighted by molar-refractivity contribution is 7.99. The zero-order chi connectivity index (χ0) is 50.3. The standard InChI is InChI=1S/C71H43N5S/c1-2-16-46(17-3-1)74-63-30-10-6-20-53(63)55-42-44(32-38-65(55)74)49-22-12-24-59-69(49)77-70-50(23-13-25-60(70)71(59)57-26-14-40-72-67(57)68-58(71)27-15-41-73-68)45-33-39-66-56(43-45)54-21-7-11-31-64(54)76(66)48-36-34-47(35-37-48)75-61-28-8-4-18-51(61)52-19-5-9-29-62(52)75/h1-43H. The molecular weight excluding hydrogens is 955 g/mol. The minimum absolute atomic E-state index is 0.673. The Balaban J connectivity index is 0.857. The van der Waals surface area contributed by atoms with Crippen LogP contribution in [0.1, 0.15) is 22.3 Å². The molecule has 0 N–H and O–H groups in total. The molecule has 1 aliphatic carbocycles. The van der Waals surface area contributed by atoms with Crippen LogP contribution in [0.25, 0.3) is 116 Å². The Labute approximate surface area is 447 Å². The summed E-state index contributed by atoms with van der Waals surface area (Å²) in [6, 6.07) is 91.7. The van der Waals surface area contributed by atoms with E-state index in [1.165, 1.54) is 109 Å². The first-order valence-electron chi connectivity index (χ1n) is 26.3. The quantitative estimate of drug-likeness (QED) is 0.172. The molecule has 0 unspecified atom stereocenters. The van der Waals surface area contributed by atoms with Gasteiger partial charge in [-0.15, -0.1) is 0 Å². The van der Waals surface area contributed by atoms with Crippen LogP contribution in [-0.2, 0) is 5.41 Å². The molecule has 358 valence electrons. The maximum Gasteiger partial charge on any atom is 0.0937 e. The van der Waals surface area contributed by atoms with Crippen molar-refractivity contribution in [3.63, 3.8) is 0 Å². The number of hydrogen-bond acceptors (Lipinski definition) is 3. The molecule has 0 saturated heterocycles. The molecule has 5 nitrogen and oxygen atoms in total. The number of fused-ring (bicyclic) bond motifs is 18. The number of aromatic nitrogens is 5. The molecule has 5 aromatic heterocycles. The molecule has 0 atom stereocenters. The van der Waals surface area contributed by atoms with Crippen molar-refractivity contribution in [2.75, 3.05) is 0 Å². The van der Waals surface area contributed by atoms with Gasteiger partial charge in [-0.1, -0.05) is 163 Å². The molecule has 1 aliphatic heterocycles. The van der Waals surface area contributed by atoms with Crippen molar-refractivity contribution in [1.29, 1.82) is 0 Å². The lowest BCUT2D eigenvalue weighted by Gasteiger charge is -2.40. The van der Waals surface area contributed by atoms with Crippen LogP contribution in [0.4, 0.5) is 0 Å². The van der Waals surface area contributed by atoms with E-state index >= 15 is 0 Å². The van der Waals surface area contributed by atoms with E-state index in [0.29, 0.717) is 0 Å². The maximum absolute atomic E-state index is 5.10. The number of pyridine rings is 2. The van der Waals surface area contributed by atoms with Gasteiger partial charge in [0.1, 0.15) is 0 Å². The molecule has 0 amide bonds. The normalized spacial score (nSPS) is 13.2. The minimum atomic E-state index is -0.673. The van der Waals surface area contributed by atoms with Crippen LogP contribution < -0.4 is 0 Å². The zero-order valence-corrected chi connectivity index (χ0v) is 42.3. The molecule has 2 aliphatic rings. The molecule has 15 aromatic rings. The average molecular weight is 998 g/mol. The van der Waals surface area contributed by atoms with E-state index in [0.717, 1.165) is 39.6 Å². The summed E-state index contributed by atoms with van der Waals surface area (Å²) in [4.78, 5) is 12.7. The van der Waals surface area contributed by atoms with E-state index in [1.807, 2.05) is 24.2 Å². The molecule has 17 rings (SSSR count). The van der Waals surface area contributed by atoms with Gasteiger partial charge in [-0.25, -0.2) is 0 Å². The van der Waals surface area contributed by atoms with Crippen LogP contribution in [0.5, 0.6) is 0 Å². The lowest BCUT2D eigenvalue weighted by Crippen LogP contribution is -2.32. The molecule has 6 heterocycles. The Morgan fingerprint density at radius 1 is 0.286 bits per heavy atom. The Morgan fingerprint density at radius 3 is 1.09 bits per heavy atom. The van der Waals surface area contributed by atoms with Crippen LogP contribution in [0.3, 0.4) is 0 Å². The molecule has 0 radical (unpaired) electrons. The SMILES string of the molecule is c1ccc(-n2c3ccccc3c3cc(-c4cccc5c4Sc4c(-c6ccc7c(c6)c6ccccc6n7-c6ccc(-n7c8ccccc8c8ccccc87)cc6)cccc4C54c5cccnc5-c5ncccc54)ccc32)cc1. The summed E-state index contributed by atoms with van der Waals surface area (Å²) in [5.41, 5.74) is 21.3. The van der Waals surface area contributed by atoms with Crippen LogP contribution in [-0.4, -0.2) is 23.7 Å². The van der Waals surface area contributed by atoms with Crippen molar-refractivity contribution in [2.45, 2.75) is 15.2 Å². The molecule has 77 heavy (non-hydrogen) atoms. The Kier molecular flexibility index (Phi) is 8.92. The van der Waals surface area contributed by atoms with E-state index in [2.05, 4.69) is 262 Å². The van der Waals surface area contributed by atoms with Gasteiger partial charge < -0.3 is 13.7 Å². The maximum atomic E-state index is 5.10. The third-order valence-corrected chi connectivity index (χ3v) is 17.9. The first-order valence-corrected chi connectivity index (χ1v) is 27.1. The van der Waals surface area contributed by atoms with Crippen molar-refractivity contribution in [3.05, 3.63) is 283 Å². The first kappa shape index (κ1) is 42.6.